The van der Waals surface area contributed by atoms with Crippen LogP contribution in [0.1, 0.15) is 22.3 Å². The largest absolute Gasteiger partial charge is 0.378 e. The van der Waals surface area contributed by atoms with Crippen molar-refractivity contribution in [3.05, 3.63) is 65.1 Å². The van der Waals surface area contributed by atoms with Gasteiger partial charge in [0.15, 0.2) is 0 Å². The van der Waals surface area contributed by atoms with Crippen LogP contribution in [-0.2, 0) is 18.3 Å². The van der Waals surface area contributed by atoms with Crippen molar-refractivity contribution in [1.82, 2.24) is 14.8 Å². The van der Waals surface area contributed by atoms with Crippen molar-refractivity contribution in [2.24, 2.45) is 12.0 Å². The molecule has 1 saturated heterocycles. The molecule has 0 radical (unpaired) electrons. The molecule has 0 N–H and O–H groups in total. The molecule has 28 heavy (non-hydrogen) atoms. The summed E-state index contributed by atoms with van der Waals surface area (Å²) >= 11 is 0. The van der Waals surface area contributed by atoms with Crippen molar-refractivity contribution >= 4 is 11.5 Å². The molecule has 2 aromatic heterocycles. The summed E-state index contributed by atoms with van der Waals surface area (Å²) in [6, 6.07) is 8.70. The van der Waals surface area contributed by atoms with E-state index < -0.39 is 0 Å². The number of ether oxygens (including phenoxy) is 1. The van der Waals surface area contributed by atoms with E-state index in [2.05, 4.69) is 52.4 Å². The smallest absolute Gasteiger partial charge is 0.129 e. The second-order valence-corrected chi connectivity index (χ2v) is 7.39. The summed E-state index contributed by atoms with van der Waals surface area (Å²) in [5, 5.41) is 4.32. The van der Waals surface area contributed by atoms with Gasteiger partial charge >= 0.3 is 0 Å². The SMILES string of the molecule is Cc1cc(-c2cnn(C)c2)cc2c1CN=C2c1ccnc(N2CCOCC2)c1. The van der Waals surface area contributed by atoms with Crippen LogP contribution in [0.25, 0.3) is 11.1 Å². The van der Waals surface area contributed by atoms with E-state index in [0.717, 1.165) is 55.5 Å². The molecule has 142 valence electrons. The Bertz CT molecular complexity index is 1060. The number of hydrogen-bond donors (Lipinski definition) is 0. The lowest BCUT2D eigenvalue weighted by Gasteiger charge is -2.28. The third-order valence-electron chi connectivity index (χ3n) is 5.52. The summed E-state index contributed by atoms with van der Waals surface area (Å²) in [5.74, 6) is 0.997. The van der Waals surface area contributed by atoms with Crippen LogP contribution in [0, 0.1) is 6.92 Å². The molecule has 6 heteroatoms. The molecule has 4 heterocycles. The Kier molecular flexibility index (Phi) is 4.20. The van der Waals surface area contributed by atoms with Crippen LogP contribution in [-0.4, -0.2) is 46.8 Å². The Hall–Kier alpha value is -2.99. The second kappa shape index (κ2) is 6.87. The van der Waals surface area contributed by atoms with Gasteiger partial charge < -0.3 is 9.64 Å². The summed E-state index contributed by atoms with van der Waals surface area (Å²) in [6.07, 6.45) is 5.85. The predicted molar refractivity (Wildman–Crippen MR) is 110 cm³/mol. The molecule has 0 bridgehead atoms. The molecule has 2 aliphatic rings. The number of benzene rings is 1. The van der Waals surface area contributed by atoms with E-state index in [1.165, 1.54) is 22.3 Å². The first-order chi connectivity index (χ1) is 13.7. The van der Waals surface area contributed by atoms with Gasteiger partial charge in [0.1, 0.15) is 5.82 Å². The van der Waals surface area contributed by atoms with Crippen LogP contribution in [0.2, 0.25) is 0 Å². The highest BCUT2D eigenvalue weighted by Gasteiger charge is 2.22. The number of aliphatic imine (C=N–C) groups is 1. The summed E-state index contributed by atoms with van der Waals surface area (Å²) in [6.45, 7) is 6.17. The van der Waals surface area contributed by atoms with Crippen molar-refractivity contribution in [1.29, 1.82) is 0 Å². The third-order valence-corrected chi connectivity index (χ3v) is 5.52. The first-order valence-electron chi connectivity index (χ1n) is 9.65. The zero-order valence-corrected chi connectivity index (χ0v) is 16.2. The molecule has 5 rings (SSSR count). The van der Waals surface area contributed by atoms with Crippen molar-refractivity contribution in [3.8, 4) is 11.1 Å². The normalized spacial score (nSPS) is 16.2. The van der Waals surface area contributed by atoms with Crippen molar-refractivity contribution in [3.63, 3.8) is 0 Å². The Morgan fingerprint density at radius 1 is 1.04 bits per heavy atom. The molecule has 0 amide bonds. The number of pyridine rings is 1. The van der Waals surface area contributed by atoms with Gasteiger partial charge in [-0.2, -0.15) is 5.10 Å². The predicted octanol–water partition coefficient (Wildman–Crippen LogP) is 2.98. The Balaban J connectivity index is 1.53. The number of hydrogen-bond acceptors (Lipinski definition) is 5. The Morgan fingerprint density at radius 2 is 1.89 bits per heavy atom. The van der Waals surface area contributed by atoms with E-state index in [1.807, 2.05) is 24.1 Å². The van der Waals surface area contributed by atoms with Gasteiger partial charge in [-0.25, -0.2) is 4.98 Å². The minimum atomic E-state index is 0.735. The number of fused-ring (bicyclic) bond motifs is 1. The first kappa shape index (κ1) is 17.1. The lowest BCUT2D eigenvalue weighted by Crippen LogP contribution is -2.36. The zero-order chi connectivity index (χ0) is 19.1. The molecule has 0 atom stereocenters. The van der Waals surface area contributed by atoms with Crippen molar-refractivity contribution < 1.29 is 4.74 Å². The first-order valence-corrected chi connectivity index (χ1v) is 9.65. The highest BCUT2D eigenvalue weighted by Crippen LogP contribution is 2.32. The highest BCUT2D eigenvalue weighted by molar-refractivity contribution is 6.16. The van der Waals surface area contributed by atoms with Crippen LogP contribution in [0.3, 0.4) is 0 Å². The maximum atomic E-state index is 5.47. The molecule has 0 spiro atoms. The number of aryl methyl sites for hydroxylation is 2. The fourth-order valence-corrected chi connectivity index (χ4v) is 4.00. The van der Waals surface area contributed by atoms with Gasteiger partial charge in [-0.05, 0) is 41.8 Å². The van der Waals surface area contributed by atoms with Gasteiger partial charge in [-0.3, -0.25) is 9.67 Å². The van der Waals surface area contributed by atoms with Crippen LogP contribution in [0.5, 0.6) is 0 Å². The zero-order valence-electron chi connectivity index (χ0n) is 16.2. The van der Waals surface area contributed by atoms with Crippen LogP contribution in [0.4, 0.5) is 5.82 Å². The minimum Gasteiger partial charge on any atom is -0.378 e. The average Bonchev–Trinajstić information content (AvgIpc) is 3.35. The fourth-order valence-electron chi connectivity index (χ4n) is 4.00. The van der Waals surface area contributed by atoms with Gasteiger partial charge in [0, 0.05) is 49.2 Å². The number of morpholine rings is 1. The molecule has 6 nitrogen and oxygen atoms in total. The summed E-state index contributed by atoms with van der Waals surface area (Å²) in [4.78, 5) is 11.7. The fraction of sp³-hybridized carbons (Fsp3) is 0.318. The molecule has 2 aliphatic heterocycles. The summed E-state index contributed by atoms with van der Waals surface area (Å²) in [7, 11) is 1.95. The van der Waals surface area contributed by atoms with E-state index in [4.69, 9.17) is 9.73 Å². The van der Waals surface area contributed by atoms with Crippen molar-refractivity contribution in [2.75, 3.05) is 31.2 Å². The maximum absolute atomic E-state index is 5.47. The highest BCUT2D eigenvalue weighted by atomic mass is 16.5. The van der Waals surface area contributed by atoms with E-state index in [9.17, 15) is 0 Å². The summed E-state index contributed by atoms with van der Waals surface area (Å²) < 4.78 is 7.31. The van der Waals surface area contributed by atoms with Crippen LogP contribution < -0.4 is 4.90 Å². The van der Waals surface area contributed by atoms with Gasteiger partial charge in [0.05, 0.1) is 31.7 Å². The molecule has 0 unspecified atom stereocenters. The monoisotopic (exact) mass is 373 g/mol. The van der Waals surface area contributed by atoms with Crippen LogP contribution >= 0.6 is 0 Å². The quantitative estimate of drug-likeness (QED) is 0.708. The second-order valence-electron chi connectivity index (χ2n) is 7.39. The number of aromatic nitrogens is 3. The van der Waals surface area contributed by atoms with E-state index in [-0.39, 0.29) is 0 Å². The average molecular weight is 373 g/mol. The molecule has 1 aromatic carbocycles. The van der Waals surface area contributed by atoms with Gasteiger partial charge in [-0.1, -0.05) is 6.07 Å². The third kappa shape index (κ3) is 2.99. The standard InChI is InChI=1S/C22H23N5O/c1-15-9-17(18-12-25-26(2)14-18)10-19-20(15)13-24-22(19)16-3-4-23-21(11-16)27-5-7-28-8-6-27/h3-4,9-12,14H,5-8,13H2,1-2H3. The molecule has 0 saturated carbocycles. The summed E-state index contributed by atoms with van der Waals surface area (Å²) in [5.41, 5.74) is 8.30. The molecular formula is C22H23N5O. The lowest BCUT2D eigenvalue weighted by molar-refractivity contribution is 0.122. The maximum Gasteiger partial charge on any atom is 0.129 e. The van der Waals surface area contributed by atoms with E-state index in [0.29, 0.717) is 0 Å². The van der Waals surface area contributed by atoms with E-state index >= 15 is 0 Å². The van der Waals surface area contributed by atoms with Gasteiger partial charge in [0.25, 0.3) is 0 Å². The Morgan fingerprint density at radius 3 is 2.68 bits per heavy atom. The Labute approximate surface area is 164 Å². The molecule has 3 aromatic rings. The number of anilines is 1. The van der Waals surface area contributed by atoms with E-state index in [1.54, 1.807) is 0 Å². The molecule has 0 aliphatic carbocycles. The topological polar surface area (TPSA) is 55.5 Å². The van der Waals surface area contributed by atoms with Crippen molar-refractivity contribution in [2.45, 2.75) is 13.5 Å². The van der Waals surface area contributed by atoms with Gasteiger partial charge in [0.2, 0.25) is 0 Å². The number of rotatable bonds is 3. The number of nitrogens with zero attached hydrogens (tertiary/aromatic N) is 5. The molecular weight excluding hydrogens is 350 g/mol. The van der Waals surface area contributed by atoms with Gasteiger partial charge in [-0.15, -0.1) is 0 Å². The van der Waals surface area contributed by atoms with Crippen LogP contribution in [0.15, 0.2) is 47.8 Å². The lowest BCUT2D eigenvalue weighted by atomic mass is 9.93. The minimum absolute atomic E-state index is 0.735. The molecule has 1 fully saturated rings.